The van der Waals surface area contributed by atoms with Crippen LogP contribution in [0.5, 0.6) is 5.75 Å². The minimum absolute atomic E-state index is 0.0278. The van der Waals surface area contributed by atoms with Crippen molar-refractivity contribution in [3.05, 3.63) is 73.3 Å². The molecule has 1 aliphatic rings. The number of hydrogen-bond donors (Lipinski definition) is 2. The number of phenolic OH excluding ortho intramolecular Hbond substituents is 1. The lowest BCUT2D eigenvalue weighted by atomic mass is 9.99. The van der Waals surface area contributed by atoms with Crippen molar-refractivity contribution in [1.82, 2.24) is 9.80 Å². The zero-order chi connectivity index (χ0) is 23.8. The molecule has 8 nitrogen and oxygen atoms in total. The molecule has 3 heterocycles. The molecule has 1 aliphatic heterocycles. The summed E-state index contributed by atoms with van der Waals surface area (Å²) >= 11 is 3.43. The van der Waals surface area contributed by atoms with Gasteiger partial charge in [-0.2, -0.15) is 0 Å². The maximum Gasteiger partial charge on any atom is 0.344 e. The summed E-state index contributed by atoms with van der Waals surface area (Å²) in [6.07, 6.45) is 0. The highest BCUT2D eigenvalue weighted by molar-refractivity contribution is 9.10. The van der Waals surface area contributed by atoms with Crippen LogP contribution in [0.4, 0.5) is 0 Å². The number of nitrogens with zero attached hydrogens (tertiary/aromatic N) is 2. The van der Waals surface area contributed by atoms with Crippen molar-refractivity contribution in [1.29, 1.82) is 0 Å². The number of halogens is 1. The summed E-state index contributed by atoms with van der Waals surface area (Å²) in [6, 6.07) is 11.5. The second-order valence-electron chi connectivity index (χ2n) is 8.39. The average molecular weight is 527 g/mol. The Labute approximate surface area is 202 Å². The van der Waals surface area contributed by atoms with Crippen molar-refractivity contribution in [2.75, 3.05) is 39.3 Å². The van der Waals surface area contributed by atoms with Gasteiger partial charge in [0.2, 0.25) is 0 Å². The molecule has 34 heavy (non-hydrogen) atoms. The number of benzene rings is 2. The second-order valence-corrected chi connectivity index (χ2v) is 9.31. The molecule has 9 heteroatoms. The summed E-state index contributed by atoms with van der Waals surface area (Å²) in [5, 5.41) is 21.0. The van der Waals surface area contributed by atoms with E-state index in [0.29, 0.717) is 40.6 Å². The van der Waals surface area contributed by atoms with E-state index in [1.807, 2.05) is 6.07 Å². The lowest BCUT2D eigenvalue weighted by Gasteiger charge is -2.34. The molecule has 0 radical (unpaired) electrons. The Kier molecular flexibility index (Phi) is 6.26. The molecule has 0 unspecified atom stereocenters. The van der Waals surface area contributed by atoms with Crippen LogP contribution in [0.1, 0.15) is 5.56 Å². The molecule has 0 bridgehead atoms. The molecule has 0 saturated carbocycles. The van der Waals surface area contributed by atoms with E-state index in [0.717, 1.165) is 30.7 Å². The van der Waals surface area contributed by atoms with Gasteiger partial charge in [-0.3, -0.25) is 9.80 Å². The Balaban J connectivity index is 1.59. The highest BCUT2D eigenvalue weighted by Gasteiger charge is 2.22. The maximum atomic E-state index is 12.8. The number of aliphatic hydroxyl groups excluding tert-OH is 1. The van der Waals surface area contributed by atoms with E-state index in [-0.39, 0.29) is 23.5 Å². The van der Waals surface area contributed by atoms with Crippen molar-refractivity contribution in [2.24, 2.45) is 0 Å². The zero-order valence-corrected chi connectivity index (χ0v) is 19.9. The van der Waals surface area contributed by atoms with Gasteiger partial charge in [0.05, 0.1) is 17.7 Å². The van der Waals surface area contributed by atoms with Gasteiger partial charge in [0.1, 0.15) is 16.9 Å². The first kappa shape index (κ1) is 22.8. The molecule has 0 aliphatic carbocycles. The minimum atomic E-state index is -0.615. The summed E-state index contributed by atoms with van der Waals surface area (Å²) in [5.41, 5.74) is 0.678. The topological polar surface area (TPSA) is 107 Å². The predicted octanol–water partition coefficient (Wildman–Crippen LogP) is 3.14. The predicted molar refractivity (Wildman–Crippen MR) is 132 cm³/mol. The molecule has 2 N–H and O–H groups in total. The lowest BCUT2D eigenvalue weighted by molar-refractivity contribution is 0.108. The Morgan fingerprint density at radius 3 is 2.44 bits per heavy atom. The fourth-order valence-corrected chi connectivity index (χ4v) is 4.84. The molecular weight excluding hydrogens is 504 g/mol. The van der Waals surface area contributed by atoms with Gasteiger partial charge in [-0.1, -0.05) is 15.9 Å². The van der Waals surface area contributed by atoms with Crippen molar-refractivity contribution in [3.63, 3.8) is 0 Å². The first-order valence-corrected chi connectivity index (χ1v) is 11.8. The third kappa shape index (κ3) is 4.39. The van der Waals surface area contributed by atoms with E-state index >= 15 is 0 Å². The Morgan fingerprint density at radius 1 is 0.912 bits per heavy atom. The molecule has 1 fully saturated rings. The lowest BCUT2D eigenvalue weighted by Crippen LogP contribution is -2.46. The normalized spacial score (nSPS) is 15.4. The number of hydrogen-bond acceptors (Lipinski definition) is 8. The van der Waals surface area contributed by atoms with Crippen molar-refractivity contribution >= 4 is 37.9 Å². The van der Waals surface area contributed by atoms with Gasteiger partial charge in [0.15, 0.2) is 0 Å². The largest absolute Gasteiger partial charge is 0.507 e. The van der Waals surface area contributed by atoms with Gasteiger partial charge in [0, 0.05) is 66.1 Å². The van der Waals surface area contributed by atoms with E-state index in [1.165, 1.54) is 6.07 Å². The highest BCUT2D eigenvalue weighted by Crippen LogP contribution is 2.34. The fourth-order valence-electron chi connectivity index (χ4n) is 4.47. The molecule has 176 valence electrons. The van der Waals surface area contributed by atoms with E-state index in [2.05, 4.69) is 25.7 Å². The molecule has 4 aromatic rings. The van der Waals surface area contributed by atoms with E-state index < -0.39 is 11.3 Å². The number of fused-ring (bicyclic) bond motifs is 2. The quantitative estimate of drug-likeness (QED) is 0.382. The third-order valence-electron chi connectivity index (χ3n) is 6.24. The highest BCUT2D eigenvalue weighted by atomic mass is 79.9. The van der Waals surface area contributed by atoms with Crippen LogP contribution in [0.3, 0.4) is 0 Å². The standard InChI is InChI=1S/C25H23BrN2O6/c26-16-1-4-22-15(11-16)12-19(25(32)33-22)18-13-23(31)34-24-17(18)2-3-21(30)20(24)14-28-7-5-27(6-8-28)9-10-29/h1-4,11-13,29-30H,5-10,14H2. The molecular formula is C25H23BrN2O6. The first-order chi connectivity index (χ1) is 16.4. The number of piperazine rings is 1. The molecule has 2 aromatic heterocycles. The van der Waals surface area contributed by atoms with E-state index in [4.69, 9.17) is 13.9 Å². The third-order valence-corrected chi connectivity index (χ3v) is 6.73. The fraction of sp³-hybridized carbons (Fsp3) is 0.280. The van der Waals surface area contributed by atoms with Crippen LogP contribution < -0.4 is 11.3 Å². The number of aliphatic hydroxyl groups is 1. The van der Waals surface area contributed by atoms with Crippen LogP contribution in [0.15, 0.2) is 65.4 Å². The van der Waals surface area contributed by atoms with E-state index in [9.17, 15) is 14.7 Å². The Bertz CT molecular complexity index is 1490. The van der Waals surface area contributed by atoms with Crippen molar-refractivity contribution in [2.45, 2.75) is 6.54 Å². The molecule has 0 amide bonds. The molecule has 5 rings (SSSR count). The van der Waals surface area contributed by atoms with Gasteiger partial charge in [-0.05, 0) is 36.4 Å². The van der Waals surface area contributed by atoms with Crippen LogP contribution in [0, 0.1) is 0 Å². The summed E-state index contributed by atoms with van der Waals surface area (Å²) in [5.74, 6) is 0.0278. The summed E-state index contributed by atoms with van der Waals surface area (Å²) in [7, 11) is 0. The number of β-amino-alcohol motifs (C(OH)–C–C–N with tert-alkyl or cyclic N) is 1. The zero-order valence-electron chi connectivity index (χ0n) is 18.3. The maximum absolute atomic E-state index is 12.8. The number of rotatable bonds is 5. The summed E-state index contributed by atoms with van der Waals surface area (Å²) in [4.78, 5) is 29.7. The minimum Gasteiger partial charge on any atom is -0.507 e. The molecule has 2 aromatic carbocycles. The van der Waals surface area contributed by atoms with Crippen LogP contribution >= 0.6 is 15.9 Å². The first-order valence-electron chi connectivity index (χ1n) is 11.0. The van der Waals surface area contributed by atoms with Gasteiger partial charge >= 0.3 is 11.3 Å². The van der Waals surface area contributed by atoms with Gasteiger partial charge in [-0.25, -0.2) is 9.59 Å². The molecule has 1 saturated heterocycles. The number of phenols is 1. The monoisotopic (exact) mass is 526 g/mol. The SMILES string of the molecule is O=c1cc(-c2cc3cc(Br)ccc3oc2=O)c2ccc(O)c(CN3CCN(CCO)CC3)c2o1. The smallest absolute Gasteiger partial charge is 0.344 e. The summed E-state index contributed by atoms with van der Waals surface area (Å²) < 4.78 is 11.9. The van der Waals surface area contributed by atoms with Gasteiger partial charge in [-0.15, -0.1) is 0 Å². The Morgan fingerprint density at radius 2 is 1.68 bits per heavy atom. The van der Waals surface area contributed by atoms with Gasteiger partial charge < -0.3 is 19.0 Å². The van der Waals surface area contributed by atoms with Crippen LogP contribution in [-0.2, 0) is 6.54 Å². The van der Waals surface area contributed by atoms with E-state index in [1.54, 1.807) is 30.3 Å². The average Bonchev–Trinajstić information content (AvgIpc) is 2.81. The van der Waals surface area contributed by atoms with Crippen molar-refractivity contribution in [3.8, 4) is 16.9 Å². The van der Waals surface area contributed by atoms with Crippen molar-refractivity contribution < 1.29 is 19.0 Å². The van der Waals surface area contributed by atoms with Crippen LogP contribution in [-0.4, -0.2) is 59.3 Å². The number of aromatic hydroxyl groups is 1. The van der Waals surface area contributed by atoms with Crippen LogP contribution in [0.2, 0.25) is 0 Å². The second kappa shape index (κ2) is 9.34. The van der Waals surface area contributed by atoms with Gasteiger partial charge in [0.25, 0.3) is 0 Å². The Hall–Kier alpha value is -2.98. The summed E-state index contributed by atoms with van der Waals surface area (Å²) in [6.45, 7) is 4.26. The molecule has 0 atom stereocenters. The van der Waals surface area contributed by atoms with Crippen LogP contribution in [0.25, 0.3) is 33.1 Å². The molecule has 0 spiro atoms.